The van der Waals surface area contributed by atoms with Crippen LogP contribution in [0.2, 0.25) is 0 Å². The van der Waals surface area contributed by atoms with Gasteiger partial charge in [0, 0.05) is 89.4 Å². The fraction of sp³-hybridized carbons (Fsp3) is 0.792. The van der Waals surface area contributed by atoms with Crippen molar-refractivity contribution in [2.75, 3.05) is 7.11 Å². The Morgan fingerprint density at radius 1 is 0.590 bits per heavy atom. The number of aromatic hydroxyl groups is 1. The van der Waals surface area contributed by atoms with Gasteiger partial charge < -0.3 is 23.4 Å². The van der Waals surface area contributed by atoms with Crippen LogP contribution >= 0.6 is 14.3 Å². The van der Waals surface area contributed by atoms with Crippen molar-refractivity contribution < 1.29 is 90.7 Å². The third-order valence-electron chi connectivity index (χ3n) is 15.4. The van der Waals surface area contributed by atoms with Gasteiger partial charge in [-0.25, -0.2) is 4.79 Å². The van der Waals surface area contributed by atoms with Crippen LogP contribution in [0, 0.1) is 49.4 Å². The molecule has 61 heavy (non-hydrogen) atoms. The second-order valence-corrected chi connectivity index (χ2v) is 26.5. The number of hydrogen-bond donors (Lipinski definition) is 1. The van der Waals surface area contributed by atoms with Crippen molar-refractivity contribution in [2.45, 2.75) is 233 Å². The molecule has 0 amide bonds. The van der Waals surface area contributed by atoms with Gasteiger partial charge in [-0.3, -0.25) is 4.79 Å². The van der Waals surface area contributed by atoms with E-state index in [-0.39, 0.29) is 66.1 Å². The van der Waals surface area contributed by atoms with Crippen LogP contribution in [-0.2, 0) is 9.13 Å². The van der Waals surface area contributed by atoms with Gasteiger partial charge in [0.05, 0.1) is 26.8 Å². The molecule has 1 N–H and O–H groups in total. The molecule has 0 saturated heterocycles. The second kappa shape index (κ2) is 24.3. The van der Waals surface area contributed by atoms with Gasteiger partial charge in [-0.2, -0.15) is 13.2 Å². The number of benzene rings is 1. The van der Waals surface area contributed by atoms with E-state index < -0.39 is 43.2 Å². The van der Waals surface area contributed by atoms with Crippen molar-refractivity contribution in [3.8, 4) is 11.5 Å². The first-order valence-corrected chi connectivity index (χ1v) is 27.8. The van der Waals surface area contributed by atoms with Gasteiger partial charge in [-0.15, -0.1) is 0 Å². The summed E-state index contributed by atoms with van der Waals surface area (Å²) in [5, 5.41) is 9.51. The van der Waals surface area contributed by atoms with Crippen LogP contribution in [0.4, 0.5) is 13.2 Å². The summed E-state index contributed by atoms with van der Waals surface area (Å²) in [5.74, 6) is -3.25. The molecule has 1 aromatic heterocycles. The molecule has 0 bridgehead atoms. The molecule has 7 nitrogen and oxygen atoms in total. The van der Waals surface area contributed by atoms with E-state index in [1.807, 2.05) is 0 Å². The fourth-order valence-corrected chi connectivity index (χ4v) is 22.9. The number of halogens is 3. The number of rotatable bonds is 8. The van der Waals surface area contributed by atoms with E-state index in [0.29, 0.717) is 34.0 Å². The van der Waals surface area contributed by atoms with Crippen LogP contribution in [0.5, 0.6) is 11.5 Å². The van der Waals surface area contributed by atoms with Gasteiger partial charge in [0.2, 0.25) is 0 Å². The maximum atomic E-state index is 14.3. The van der Waals surface area contributed by atoms with Crippen molar-refractivity contribution in [1.82, 2.24) is 0 Å². The molecule has 6 fully saturated rings. The minimum absolute atomic E-state index is 0. The molecular formula is C48H73EuF3O7P2. The SMILES string of the molecule is COc1ccc2c(O)c(C(=O)C(F)(F)F)c(=O)oc2c1.O=P(C1CCCCC1)(C1CCCCC1)C1CCCCC1.O=P(C1CCCCC1)(C1CCCCC1)C1CCCCC1.[Eu]. The maximum absolute atomic E-state index is 14.3. The fourth-order valence-electron chi connectivity index (χ4n) is 12.3. The zero-order valence-electron chi connectivity index (χ0n) is 36.7. The Morgan fingerprint density at radius 2 is 0.885 bits per heavy atom. The number of fused-ring (bicyclic) bond motifs is 1. The minimum Gasteiger partial charge on any atom is -0.506 e. The van der Waals surface area contributed by atoms with Crippen LogP contribution < -0.4 is 10.4 Å². The number of ether oxygens (including phenoxy) is 1. The first-order chi connectivity index (χ1) is 28.9. The van der Waals surface area contributed by atoms with Crippen molar-refractivity contribution >= 4 is 31.0 Å². The van der Waals surface area contributed by atoms with Gasteiger partial charge in [0.15, 0.2) is 5.56 Å². The number of ketones is 1. The largest absolute Gasteiger partial charge is 0.506 e. The molecule has 8 rings (SSSR count). The number of carbonyl (C=O) groups excluding carboxylic acids is 1. The molecule has 2 aromatic rings. The Balaban J connectivity index is 0.000000172. The Hall–Kier alpha value is -0.466. The van der Waals surface area contributed by atoms with E-state index in [1.165, 1.54) is 218 Å². The first-order valence-electron chi connectivity index (χ1n) is 24.0. The monoisotopic (exact) mass is 1030 g/mol. The summed E-state index contributed by atoms with van der Waals surface area (Å²) in [6.07, 6.45) is 34.9. The summed E-state index contributed by atoms with van der Waals surface area (Å²) in [6.45, 7) is 0. The summed E-state index contributed by atoms with van der Waals surface area (Å²) in [4.78, 5) is 22.6. The zero-order chi connectivity index (χ0) is 42.8. The van der Waals surface area contributed by atoms with Gasteiger partial charge in [0.25, 0.3) is 5.78 Å². The predicted molar refractivity (Wildman–Crippen MR) is 238 cm³/mol. The quantitative estimate of drug-likeness (QED) is 0.159. The minimum atomic E-state index is -5.29. The van der Waals surface area contributed by atoms with E-state index >= 15 is 0 Å². The molecule has 1 heterocycles. The van der Waals surface area contributed by atoms with Crippen molar-refractivity contribution in [2.24, 2.45) is 0 Å². The van der Waals surface area contributed by atoms with Crippen molar-refractivity contribution in [1.29, 1.82) is 0 Å². The van der Waals surface area contributed by atoms with Gasteiger partial charge in [0.1, 0.15) is 17.1 Å². The Morgan fingerprint density at radius 3 is 1.15 bits per heavy atom. The van der Waals surface area contributed by atoms with Crippen molar-refractivity contribution in [3.05, 3.63) is 34.2 Å². The average Bonchev–Trinajstić information content (AvgIpc) is 3.30. The van der Waals surface area contributed by atoms with Gasteiger partial charge in [-0.05, 0) is 89.2 Å². The molecule has 0 spiro atoms. The van der Waals surface area contributed by atoms with Crippen LogP contribution in [0.15, 0.2) is 27.4 Å². The molecule has 1 radical (unpaired) electrons. The molecule has 6 aliphatic rings. The summed E-state index contributed by atoms with van der Waals surface area (Å²) in [7, 11) is -2.56. The Kier molecular flexibility index (Phi) is 20.6. The molecule has 1 aromatic carbocycles. The number of methoxy groups -OCH3 is 1. The molecule has 6 aliphatic carbocycles. The Labute approximate surface area is 403 Å². The molecule has 0 atom stereocenters. The predicted octanol–water partition coefficient (Wildman–Crippen LogP) is 14.9. The summed E-state index contributed by atoms with van der Waals surface area (Å²) < 4.78 is 75.1. The molecular weight excluding hydrogens is 959 g/mol. The van der Waals surface area contributed by atoms with E-state index in [0.717, 1.165) is 0 Å². The number of alkyl halides is 3. The second-order valence-electron chi connectivity index (χ2n) is 19.1. The molecule has 0 aliphatic heterocycles. The summed E-state index contributed by atoms with van der Waals surface area (Å²) >= 11 is 0. The molecule has 6 saturated carbocycles. The summed E-state index contributed by atoms with van der Waals surface area (Å²) in [6, 6.07) is 3.72. The van der Waals surface area contributed by atoms with Crippen LogP contribution in [0.3, 0.4) is 0 Å². The van der Waals surface area contributed by atoms with Gasteiger partial charge >= 0.3 is 11.8 Å². The number of hydrogen-bond acceptors (Lipinski definition) is 7. The maximum Gasteiger partial charge on any atom is 0.455 e. The standard InChI is InChI=1S/2C18H33OP.C12H7F3O5.Eu/c2*19-20(16-10-4-1-5-11-16,17-12-6-2-7-13-17)18-14-8-3-9-15-18;1-19-5-2-3-6-7(4-5)20-11(18)8(9(6)16)10(17)12(13,14)15;/h2*16-18H,1-15H2;2-4,16H,1H3;. The zero-order valence-corrected chi connectivity index (χ0v) is 40.9. The van der Waals surface area contributed by atoms with E-state index in [2.05, 4.69) is 4.42 Å². The number of carbonyl (C=O) groups is 1. The smallest absolute Gasteiger partial charge is 0.455 e. The van der Waals surface area contributed by atoms with Crippen LogP contribution in [0.1, 0.15) is 203 Å². The molecule has 0 unspecified atom stereocenters. The van der Waals surface area contributed by atoms with E-state index in [4.69, 9.17) is 4.74 Å². The van der Waals surface area contributed by atoms with Crippen LogP contribution in [0.25, 0.3) is 11.0 Å². The summed E-state index contributed by atoms with van der Waals surface area (Å²) in [5.41, 5.74) is 0.575. The molecule has 345 valence electrons. The average molecular weight is 1030 g/mol. The van der Waals surface area contributed by atoms with Crippen molar-refractivity contribution in [3.63, 3.8) is 0 Å². The third-order valence-corrected chi connectivity index (χ3v) is 25.4. The third kappa shape index (κ3) is 12.7. The number of Topliss-reactive ketones (excluding diaryl/α,β-unsaturated/α-hetero) is 1. The van der Waals surface area contributed by atoms with Gasteiger partial charge in [-0.1, -0.05) is 116 Å². The van der Waals surface area contributed by atoms with E-state index in [1.54, 1.807) is 0 Å². The topological polar surface area (TPSA) is 111 Å². The first kappa shape index (κ1) is 51.5. The molecule has 13 heteroatoms. The Bertz CT molecular complexity index is 1660. The van der Waals surface area contributed by atoms with Crippen LogP contribution in [-0.4, -0.2) is 58.1 Å². The van der Waals surface area contributed by atoms with E-state index in [9.17, 15) is 37.0 Å². The normalized spacial score (nSPS) is 22.6.